The summed E-state index contributed by atoms with van der Waals surface area (Å²) in [5.74, 6) is 0.221. The number of aliphatic hydroxyl groups excluding tert-OH is 2. The van der Waals surface area contributed by atoms with Gasteiger partial charge in [0.1, 0.15) is 6.79 Å². The molecule has 2 aliphatic carbocycles. The smallest absolute Gasteiger partial charge is 0.147 e. The van der Waals surface area contributed by atoms with Gasteiger partial charge in [-0.1, -0.05) is 13.0 Å². The highest BCUT2D eigenvalue weighted by Crippen LogP contribution is 2.55. The molecule has 0 aromatic rings. The van der Waals surface area contributed by atoms with E-state index in [4.69, 9.17) is 9.47 Å². The fraction of sp³-hybridized carbons (Fsp3) is 0.895. The Kier molecular flexibility index (Phi) is 6.28. The molecule has 2 rings (SSSR count). The molecule has 2 aliphatic rings. The summed E-state index contributed by atoms with van der Waals surface area (Å²) >= 11 is 0. The van der Waals surface area contributed by atoms with Gasteiger partial charge in [0.05, 0.1) is 17.8 Å². The summed E-state index contributed by atoms with van der Waals surface area (Å²) < 4.78 is 10.6. The maximum atomic E-state index is 10.5. The summed E-state index contributed by atoms with van der Waals surface area (Å²) in [6.07, 6.45) is 8.26. The first kappa shape index (κ1) is 18.9. The third kappa shape index (κ3) is 4.36. The average molecular weight is 326 g/mol. The van der Waals surface area contributed by atoms with Crippen molar-refractivity contribution < 1.29 is 19.7 Å². The third-order valence-corrected chi connectivity index (χ3v) is 5.89. The molecule has 4 nitrogen and oxygen atoms in total. The summed E-state index contributed by atoms with van der Waals surface area (Å²) in [4.78, 5) is 0. The summed E-state index contributed by atoms with van der Waals surface area (Å²) in [5.41, 5.74) is 0.965. The summed E-state index contributed by atoms with van der Waals surface area (Å²) in [7, 11) is 1.64. The van der Waals surface area contributed by atoms with Gasteiger partial charge in [-0.3, -0.25) is 0 Å². The molecule has 0 aromatic carbocycles. The van der Waals surface area contributed by atoms with Crippen LogP contribution in [0.15, 0.2) is 11.6 Å². The Bertz CT molecular complexity index is 418. The van der Waals surface area contributed by atoms with Crippen LogP contribution in [-0.2, 0) is 9.47 Å². The lowest BCUT2D eigenvalue weighted by atomic mass is 9.66. The first-order valence-corrected chi connectivity index (χ1v) is 9.00. The van der Waals surface area contributed by atoms with E-state index in [2.05, 4.69) is 26.8 Å². The van der Waals surface area contributed by atoms with Crippen molar-refractivity contribution in [3.8, 4) is 0 Å². The van der Waals surface area contributed by atoms with E-state index in [-0.39, 0.29) is 29.1 Å². The maximum absolute atomic E-state index is 10.5. The number of hydrogen-bond acceptors (Lipinski definition) is 4. The zero-order chi connectivity index (χ0) is 17.1. The minimum Gasteiger partial charge on any atom is -0.393 e. The Morgan fingerprint density at radius 1 is 1.35 bits per heavy atom. The van der Waals surface area contributed by atoms with Crippen LogP contribution in [0.25, 0.3) is 0 Å². The van der Waals surface area contributed by atoms with Gasteiger partial charge in [-0.05, 0) is 75.7 Å². The molecule has 4 atom stereocenters. The number of fused-ring (bicyclic) bond motifs is 1. The van der Waals surface area contributed by atoms with Crippen molar-refractivity contribution >= 4 is 0 Å². The second-order valence-corrected chi connectivity index (χ2v) is 8.10. The molecular formula is C19H34O4. The molecule has 0 unspecified atom stereocenters. The van der Waals surface area contributed by atoms with E-state index in [0.717, 1.165) is 44.1 Å². The van der Waals surface area contributed by atoms with Gasteiger partial charge >= 0.3 is 0 Å². The third-order valence-electron chi connectivity index (χ3n) is 5.89. The molecule has 0 spiro atoms. The fourth-order valence-electron chi connectivity index (χ4n) is 4.46. The number of unbranched alkanes of at least 4 members (excludes halogenated alkanes) is 1. The van der Waals surface area contributed by atoms with Crippen LogP contribution in [0.3, 0.4) is 0 Å². The Balaban J connectivity index is 1.91. The van der Waals surface area contributed by atoms with Crippen LogP contribution < -0.4 is 0 Å². The van der Waals surface area contributed by atoms with Crippen molar-refractivity contribution in [3.63, 3.8) is 0 Å². The molecule has 0 saturated heterocycles. The first-order valence-electron chi connectivity index (χ1n) is 9.00. The van der Waals surface area contributed by atoms with Gasteiger partial charge in [0, 0.05) is 7.11 Å². The Morgan fingerprint density at radius 2 is 2.09 bits per heavy atom. The lowest BCUT2D eigenvalue weighted by molar-refractivity contribution is -0.117. The van der Waals surface area contributed by atoms with Crippen molar-refractivity contribution in [1.29, 1.82) is 0 Å². The molecule has 0 aliphatic heterocycles. The van der Waals surface area contributed by atoms with Crippen LogP contribution in [0.2, 0.25) is 0 Å². The quantitative estimate of drug-likeness (QED) is 0.427. The molecule has 0 heterocycles. The average Bonchev–Trinajstić information content (AvgIpc) is 2.74. The van der Waals surface area contributed by atoms with Crippen LogP contribution in [0.4, 0.5) is 0 Å². The van der Waals surface area contributed by atoms with Crippen molar-refractivity contribution in [2.24, 2.45) is 11.3 Å². The minimum atomic E-state index is -0.379. The van der Waals surface area contributed by atoms with Gasteiger partial charge in [0.15, 0.2) is 0 Å². The Hall–Kier alpha value is -0.420. The number of ether oxygens (including phenoxy) is 2. The topological polar surface area (TPSA) is 58.9 Å². The predicted octanol–water partition coefficient (Wildman–Crippen LogP) is 3.41. The van der Waals surface area contributed by atoms with Gasteiger partial charge in [-0.15, -0.1) is 0 Å². The second-order valence-electron chi connectivity index (χ2n) is 8.10. The molecule has 0 aromatic heterocycles. The molecule has 2 fully saturated rings. The molecule has 0 amide bonds. The molecule has 23 heavy (non-hydrogen) atoms. The number of aliphatic hydroxyl groups is 2. The molecule has 2 saturated carbocycles. The van der Waals surface area contributed by atoms with E-state index < -0.39 is 0 Å². The van der Waals surface area contributed by atoms with Crippen LogP contribution in [0.1, 0.15) is 65.7 Å². The highest BCUT2D eigenvalue weighted by atomic mass is 16.7. The number of rotatable bonds is 7. The van der Waals surface area contributed by atoms with E-state index in [1.807, 2.05) is 0 Å². The summed E-state index contributed by atoms with van der Waals surface area (Å²) in [5, 5.41) is 20.7. The molecule has 134 valence electrons. The van der Waals surface area contributed by atoms with Crippen LogP contribution in [-0.4, -0.2) is 41.9 Å². The maximum Gasteiger partial charge on any atom is 0.147 e. The van der Waals surface area contributed by atoms with Gasteiger partial charge in [-0.25, -0.2) is 0 Å². The van der Waals surface area contributed by atoms with Crippen molar-refractivity contribution in [2.75, 3.05) is 13.9 Å². The SMILES string of the molecule is COCOC(C)(C)CCC/C=C1/[C@H](O)C[C@H]2[C@@H](O)CCC[C@]12C. The lowest BCUT2D eigenvalue weighted by Gasteiger charge is -2.40. The van der Waals surface area contributed by atoms with Crippen molar-refractivity contribution in [1.82, 2.24) is 0 Å². The van der Waals surface area contributed by atoms with Crippen LogP contribution >= 0.6 is 0 Å². The van der Waals surface area contributed by atoms with E-state index in [9.17, 15) is 10.2 Å². The zero-order valence-electron chi connectivity index (χ0n) is 15.2. The first-order chi connectivity index (χ1) is 10.8. The van der Waals surface area contributed by atoms with E-state index in [1.54, 1.807) is 7.11 Å². The molecule has 2 N–H and O–H groups in total. The fourth-order valence-corrected chi connectivity index (χ4v) is 4.46. The highest BCUT2D eigenvalue weighted by Gasteiger charge is 2.51. The summed E-state index contributed by atoms with van der Waals surface area (Å²) in [6.45, 7) is 6.72. The normalized spacial score (nSPS) is 36.4. The molecular weight excluding hydrogens is 292 g/mol. The number of methoxy groups -OCH3 is 1. The Labute approximate surface area is 140 Å². The van der Waals surface area contributed by atoms with Crippen molar-refractivity contribution in [2.45, 2.75) is 83.5 Å². The van der Waals surface area contributed by atoms with E-state index in [1.165, 1.54) is 0 Å². The zero-order valence-corrected chi connectivity index (χ0v) is 15.2. The van der Waals surface area contributed by atoms with Gasteiger partial charge < -0.3 is 19.7 Å². The highest BCUT2D eigenvalue weighted by molar-refractivity contribution is 5.27. The van der Waals surface area contributed by atoms with Gasteiger partial charge in [0.2, 0.25) is 0 Å². The summed E-state index contributed by atoms with van der Waals surface area (Å²) in [6, 6.07) is 0. The van der Waals surface area contributed by atoms with Crippen molar-refractivity contribution in [3.05, 3.63) is 11.6 Å². The largest absolute Gasteiger partial charge is 0.393 e. The van der Waals surface area contributed by atoms with E-state index >= 15 is 0 Å². The monoisotopic (exact) mass is 326 g/mol. The Morgan fingerprint density at radius 3 is 2.78 bits per heavy atom. The van der Waals surface area contributed by atoms with Gasteiger partial charge in [0.25, 0.3) is 0 Å². The number of hydrogen-bond donors (Lipinski definition) is 2. The van der Waals surface area contributed by atoms with E-state index in [0.29, 0.717) is 13.2 Å². The number of allylic oxidation sites excluding steroid dienone is 1. The van der Waals surface area contributed by atoms with Gasteiger partial charge in [-0.2, -0.15) is 0 Å². The predicted molar refractivity (Wildman–Crippen MR) is 91.1 cm³/mol. The van der Waals surface area contributed by atoms with Crippen LogP contribution in [0, 0.1) is 11.3 Å². The minimum absolute atomic E-state index is 0.0147. The lowest BCUT2D eigenvalue weighted by Crippen LogP contribution is -2.37. The molecule has 4 heteroatoms. The molecule has 0 bridgehead atoms. The molecule has 0 radical (unpaired) electrons. The standard InChI is InChI=1S/C19H34O4/c1-18(2,23-13-22-4)10-6-5-8-14-17(21)12-15-16(20)9-7-11-19(14,15)3/h8,15-17,20-21H,5-7,9-13H2,1-4H3/b14-8-/t15-,16-,17+,19+/m0/s1. The van der Waals surface area contributed by atoms with Crippen LogP contribution in [0.5, 0.6) is 0 Å². The second kappa shape index (κ2) is 7.64.